The Kier molecular flexibility index (Phi) is 4.18. The van der Waals surface area contributed by atoms with Crippen LogP contribution in [0.15, 0.2) is 34.9 Å². The van der Waals surface area contributed by atoms with Crippen molar-refractivity contribution in [3.63, 3.8) is 0 Å². The number of carbonyl (C=O) groups excluding carboxylic acids is 1. The maximum Gasteiger partial charge on any atom is 0.260 e. The summed E-state index contributed by atoms with van der Waals surface area (Å²) in [6.45, 7) is 5.82. The molecule has 4 heteroatoms. The zero-order chi connectivity index (χ0) is 15.5. The molecule has 1 saturated heterocycles. The zero-order valence-corrected chi connectivity index (χ0v) is 13.1. The number of carbonyl (C=O) groups is 1. The molecule has 4 nitrogen and oxygen atoms in total. The largest absolute Gasteiger partial charge is 0.483 e. The van der Waals surface area contributed by atoms with Gasteiger partial charge < -0.3 is 14.1 Å². The number of hydrogen-bond acceptors (Lipinski definition) is 3. The van der Waals surface area contributed by atoms with E-state index in [1.165, 1.54) is 0 Å². The Morgan fingerprint density at radius 2 is 1.91 bits per heavy atom. The number of furan rings is 1. The summed E-state index contributed by atoms with van der Waals surface area (Å²) < 4.78 is 11.2. The van der Waals surface area contributed by atoms with E-state index in [-0.39, 0.29) is 12.5 Å². The van der Waals surface area contributed by atoms with Gasteiger partial charge in [-0.25, -0.2) is 0 Å². The van der Waals surface area contributed by atoms with Gasteiger partial charge in [-0.15, -0.1) is 0 Å². The summed E-state index contributed by atoms with van der Waals surface area (Å²) in [7, 11) is 0. The number of nitrogens with zero attached hydrogens (tertiary/aromatic N) is 1. The highest BCUT2D eigenvalue weighted by molar-refractivity contribution is 5.78. The highest BCUT2D eigenvalue weighted by Crippen LogP contribution is 2.30. The van der Waals surface area contributed by atoms with Gasteiger partial charge in [0.05, 0.1) is 6.26 Å². The van der Waals surface area contributed by atoms with E-state index in [1.807, 2.05) is 43.0 Å². The van der Waals surface area contributed by atoms with Crippen molar-refractivity contribution in [2.45, 2.75) is 26.7 Å². The van der Waals surface area contributed by atoms with Crippen molar-refractivity contribution in [2.24, 2.45) is 0 Å². The molecule has 0 N–H and O–H groups in total. The van der Waals surface area contributed by atoms with Crippen molar-refractivity contribution in [1.29, 1.82) is 0 Å². The summed E-state index contributed by atoms with van der Waals surface area (Å²) in [6, 6.07) is 7.87. The molecule has 116 valence electrons. The van der Waals surface area contributed by atoms with Crippen LogP contribution in [0.5, 0.6) is 5.75 Å². The molecule has 1 amide bonds. The molecular formula is C18H21NO3. The van der Waals surface area contributed by atoms with E-state index >= 15 is 0 Å². The Morgan fingerprint density at radius 3 is 2.50 bits per heavy atom. The molecule has 1 aromatic carbocycles. The van der Waals surface area contributed by atoms with Crippen molar-refractivity contribution in [3.05, 3.63) is 41.7 Å². The number of aryl methyl sites for hydroxylation is 2. The third kappa shape index (κ3) is 3.01. The first kappa shape index (κ1) is 14.7. The molecule has 3 rings (SSSR count). The predicted molar refractivity (Wildman–Crippen MR) is 84.9 cm³/mol. The van der Waals surface area contributed by atoms with E-state index in [0.717, 1.165) is 54.1 Å². The molecule has 22 heavy (non-hydrogen) atoms. The second kappa shape index (κ2) is 6.26. The summed E-state index contributed by atoms with van der Waals surface area (Å²) in [5.74, 6) is 1.71. The first-order chi connectivity index (χ1) is 10.6. The Labute approximate surface area is 130 Å². The molecule has 1 fully saturated rings. The fourth-order valence-corrected chi connectivity index (χ4v) is 2.95. The van der Waals surface area contributed by atoms with E-state index < -0.39 is 0 Å². The third-order valence-corrected chi connectivity index (χ3v) is 4.06. The molecule has 0 bridgehead atoms. The average Bonchev–Trinajstić information content (AvgIpc) is 3.19. The number of rotatable bonds is 4. The Hall–Kier alpha value is -2.23. The standard InChI is InChI=1S/C18H21NO3/c1-13-10-15(16-6-5-9-21-16)11-14(2)18(13)22-12-17(20)19-7-3-4-8-19/h5-6,9-11H,3-4,7-8,12H2,1-2H3. The smallest absolute Gasteiger partial charge is 0.260 e. The van der Waals surface area contributed by atoms with Crippen LogP contribution in [0.1, 0.15) is 24.0 Å². The van der Waals surface area contributed by atoms with Gasteiger partial charge in [0.2, 0.25) is 0 Å². The van der Waals surface area contributed by atoms with Crippen LogP contribution in [0, 0.1) is 13.8 Å². The van der Waals surface area contributed by atoms with Gasteiger partial charge in [-0.3, -0.25) is 4.79 Å². The third-order valence-electron chi connectivity index (χ3n) is 4.06. The fraction of sp³-hybridized carbons (Fsp3) is 0.389. The van der Waals surface area contributed by atoms with Gasteiger partial charge in [-0.1, -0.05) is 0 Å². The van der Waals surface area contributed by atoms with Gasteiger partial charge in [0.25, 0.3) is 5.91 Å². The summed E-state index contributed by atoms with van der Waals surface area (Å²) >= 11 is 0. The highest BCUT2D eigenvalue weighted by Gasteiger charge is 2.19. The van der Waals surface area contributed by atoms with Gasteiger partial charge in [0, 0.05) is 18.7 Å². The van der Waals surface area contributed by atoms with Crippen molar-refractivity contribution in [2.75, 3.05) is 19.7 Å². The lowest BCUT2D eigenvalue weighted by molar-refractivity contribution is -0.132. The van der Waals surface area contributed by atoms with Crippen LogP contribution in [0.2, 0.25) is 0 Å². The lowest BCUT2D eigenvalue weighted by atomic mass is 10.0. The average molecular weight is 299 g/mol. The predicted octanol–water partition coefficient (Wildman–Crippen LogP) is 3.56. The molecule has 0 unspecified atom stereocenters. The second-order valence-corrected chi connectivity index (χ2v) is 5.79. The monoisotopic (exact) mass is 299 g/mol. The number of likely N-dealkylation sites (tertiary alicyclic amines) is 1. The zero-order valence-electron chi connectivity index (χ0n) is 13.1. The number of benzene rings is 1. The van der Waals surface area contributed by atoms with Gasteiger partial charge in [0.1, 0.15) is 11.5 Å². The van der Waals surface area contributed by atoms with Gasteiger partial charge in [0.15, 0.2) is 6.61 Å². The first-order valence-electron chi connectivity index (χ1n) is 7.71. The van der Waals surface area contributed by atoms with Crippen LogP contribution in [0.4, 0.5) is 0 Å². The van der Waals surface area contributed by atoms with E-state index in [0.29, 0.717) is 0 Å². The second-order valence-electron chi connectivity index (χ2n) is 5.79. The molecule has 0 spiro atoms. The summed E-state index contributed by atoms with van der Waals surface area (Å²) in [5, 5.41) is 0. The molecule has 1 aliphatic heterocycles. The molecule has 1 aromatic heterocycles. The molecule has 1 aliphatic rings. The number of hydrogen-bond donors (Lipinski definition) is 0. The van der Waals surface area contributed by atoms with E-state index in [1.54, 1.807) is 6.26 Å². The Balaban J connectivity index is 1.72. The lowest BCUT2D eigenvalue weighted by Gasteiger charge is -2.17. The van der Waals surface area contributed by atoms with Crippen LogP contribution in [-0.2, 0) is 4.79 Å². The summed E-state index contributed by atoms with van der Waals surface area (Å²) in [5.41, 5.74) is 3.06. The lowest BCUT2D eigenvalue weighted by Crippen LogP contribution is -2.32. The van der Waals surface area contributed by atoms with Crippen molar-refractivity contribution in [1.82, 2.24) is 4.90 Å². The minimum Gasteiger partial charge on any atom is -0.483 e. The quantitative estimate of drug-likeness (QED) is 0.867. The Bertz CT molecular complexity index is 632. The SMILES string of the molecule is Cc1cc(-c2ccco2)cc(C)c1OCC(=O)N1CCCC1. The van der Waals surface area contributed by atoms with Gasteiger partial charge >= 0.3 is 0 Å². The summed E-state index contributed by atoms with van der Waals surface area (Å²) in [6.07, 6.45) is 3.86. The molecular weight excluding hydrogens is 278 g/mol. The summed E-state index contributed by atoms with van der Waals surface area (Å²) in [4.78, 5) is 14.0. The van der Waals surface area contributed by atoms with Gasteiger partial charge in [-0.2, -0.15) is 0 Å². The van der Waals surface area contributed by atoms with E-state index in [4.69, 9.17) is 9.15 Å². The number of amides is 1. The molecule has 0 radical (unpaired) electrons. The minimum absolute atomic E-state index is 0.0754. The van der Waals surface area contributed by atoms with Crippen LogP contribution in [0.3, 0.4) is 0 Å². The maximum atomic E-state index is 12.1. The fourth-order valence-electron chi connectivity index (χ4n) is 2.95. The minimum atomic E-state index is 0.0754. The highest BCUT2D eigenvalue weighted by atomic mass is 16.5. The molecule has 2 heterocycles. The van der Waals surface area contributed by atoms with Crippen LogP contribution >= 0.6 is 0 Å². The van der Waals surface area contributed by atoms with E-state index in [9.17, 15) is 4.79 Å². The van der Waals surface area contributed by atoms with Crippen molar-refractivity contribution >= 4 is 5.91 Å². The number of ether oxygens (including phenoxy) is 1. The first-order valence-corrected chi connectivity index (χ1v) is 7.71. The molecule has 0 aliphatic carbocycles. The van der Waals surface area contributed by atoms with Crippen LogP contribution in [0.25, 0.3) is 11.3 Å². The van der Waals surface area contributed by atoms with Crippen LogP contribution in [-0.4, -0.2) is 30.5 Å². The molecule has 2 aromatic rings. The Morgan fingerprint density at radius 1 is 1.23 bits per heavy atom. The topological polar surface area (TPSA) is 42.7 Å². The maximum absolute atomic E-state index is 12.1. The van der Waals surface area contributed by atoms with E-state index in [2.05, 4.69) is 0 Å². The van der Waals surface area contributed by atoms with Crippen molar-refractivity contribution in [3.8, 4) is 17.1 Å². The van der Waals surface area contributed by atoms with Crippen LogP contribution < -0.4 is 4.74 Å². The molecule has 0 saturated carbocycles. The van der Waals surface area contributed by atoms with Gasteiger partial charge in [-0.05, 0) is 62.1 Å². The molecule has 0 atom stereocenters. The normalized spacial score (nSPS) is 14.4. The van der Waals surface area contributed by atoms with Crippen molar-refractivity contribution < 1.29 is 13.9 Å².